The number of hydrogen-bond donors (Lipinski definition) is 0. The van der Waals surface area contributed by atoms with E-state index in [1.807, 2.05) is 42.5 Å². The molecule has 0 bridgehead atoms. The van der Waals surface area contributed by atoms with Gasteiger partial charge in [0.2, 0.25) is 0 Å². The number of ether oxygens (including phenoxy) is 1. The Kier molecular flexibility index (Phi) is 3.09. The molecule has 3 aromatic carbocycles. The lowest BCUT2D eigenvalue weighted by Gasteiger charge is -2.12. The predicted molar refractivity (Wildman–Crippen MR) is 105 cm³/mol. The van der Waals surface area contributed by atoms with Gasteiger partial charge in [-0.25, -0.2) is 0 Å². The van der Waals surface area contributed by atoms with Crippen LogP contribution in [0.5, 0.6) is 5.75 Å². The SMILES string of the molecule is COc1cccc2oc3cccc4sc5cccc(=[O+]C)c5c(c12)c34. The molecule has 0 aliphatic heterocycles. The Bertz CT molecular complexity index is 1330. The van der Waals surface area contributed by atoms with Crippen LogP contribution in [0.2, 0.25) is 0 Å². The number of benzene rings is 3. The van der Waals surface area contributed by atoms with Gasteiger partial charge in [-0.05, 0) is 30.3 Å². The lowest BCUT2D eigenvalue weighted by atomic mass is 10.0. The topological polar surface area (TPSA) is 33.7 Å². The molecule has 0 aliphatic rings. The van der Waals surface area contributed by atoms with Gasteiger partial charge in [0.15, 0.2) is 0 Å². The molecule has 0 radical (unpaired) electrons. The summed E-state index contributed by atoms with van der Waals surface area (Å²) in [5, 5.41) is 4.32. The second-order valence-corrected chi connectivity index (χ2v) is 6.96. The molecule has 0 saturated heterocycles. The Balaban J connectivity index is 2.28. The van der Waals surface area contributed by atoms with Crippen molar-refractivity contribution in [3.63, 3.8) is 0 Å². The predicted octanol–water partition coefficient (Wildman–Crippen LogP) is 5.49. The molecule has 4 heteroatoms. The second-order valence-electron chi connectivity index (χ2n) is 5.88. The van der Waals surface area contributed by atoms with Gasteiger partial charge in [-0.15, -0.1) is 11.3 Å². The molecule has 25 heavy (non-hydrogen) atoms. The standard InChI is InChI=1S/C21H15O3S/c1-22-12-6-3-8-14-18(12)21-19-13(23-2)7-4-10-16(19)25-17-11-5-9-15(24-14)20(17)21/h3-11H,1-2H3/q+1. The van der Waals surface area contributed by atoms with E-state index < -0.39 is 0 Å². The van der Waals surface area contributed by atoms with E-state index in [9.17, 15) is 0 Å². The first-order chi connectivity index (χ1) is 12.3. The summed E-state index contributed by atoms with van der Waals surface area (Å²) in [5.41, 5.74) is 2.54. The van der Waals surface area contributed by atoms with Crippen molar-refractivity contribution in [3.8, 4) is 5.75 Å². The van der Waals surface area contributed by atoms with Crippen LogP contribution in [-0.4, -0.2) is 14.2 Å². The average molecular weight is 347 g/mol. The highest BCUT2D eigenvalue weighted by Gasteiger charge is 2.19. The zero-order chi connectivity index (χ0) is 17.0. The molecular weight excluding hydrogens is 332 g/mol. The van der Waals surface area contributed by atoms with Crippen LogP contribution in [0.4, 0.5) is 0 Å². The molecule has 0 fully saturated rings. The summed E-state index contributed by atoms with van der Waals surface area (Å²) in [6.07, 6.45) is 0. The maximum Gasteiger partial charge on any atom is 0.352 e. The lowest BCUT2D eigenvalue weighted by Crippen LogP contribution is -2.02. The number of hydrogen-bond acceptors (Lipinski definition) is 3. The highest BCUT2D eigenvalue weighted by atomic mass is 32.1. The van der Waals surface area contributed by atoms with Gasteiger partial charge < -0.3 is 9.15 Å². The van der Waals surface area contributed by atoms with Crippen LogP contribution in [0.25, 0.3) is 42.1 Å². The summed E-state index contributed by atoms with van der Waals surface area (Å²) in [5.74, 6) is 0.803. The van der Waals surface area contributed by atoms with E-state index in [4.69, 9.17) is 13.6 Å². The summed E-state index contributed by atoms with van der Waals surface area (Å²) in [6.45, 7) is 0. The molecule has 2 aromatic heterocycles. The van der Waals surface area contributed by atoms with Crippen molar-refractivity contribution in [2.24, 2.45) is 0 Å². The van der Waals surface area contributed by atoms with Crippen molar-refractivity contribution in [2.75, 3.05) is 14.2 Å². The highest BCUT2D eigenvalue weighted by molar-refractivity contribution is 7.25. The van der Waals surface area contributed by atoms with Gasteiger partial charge in [0, 0.05) is 26.2 Å². The third kappa shape index (κ3) is 1.94. The minimum atomic E-state index is 0.803. The molecule has 0 unspecified atom stereocenters. The van der Waals surface area contributed by atoms with E-state index >= 15 is 0 Å². The van der Waals surface area contributed by atoms with Crippen LogP contribution >= 0.6 is 11.3 Å². The fourth-order valence-corrected chi connectivity index (χ4v) is 4.70. The zero-order valence-corrected chi connectivity index (χ0v) is 14.6. The maximum absolute atomic E-state index is 6.20. The number of rotatable bonds is 1. The Morgan fingerprint density at radius 3 is 2.24 bits per heavy atom. The van der Waals surface area contributed by atoms with Gasteiger partial charge in [-0.3, -0.25) is 4.42 Å². The van der Waals surface area contributed by atoms with Gasteiger partial charge in [-0.2, -0.15) is 0 Å². The minimum absolute atomic E-state index is 0.803. The van der Waals surface area contributed by atoms with Crippen molar-refractivity contribution < 1.29 is 9.15 Å². The zero-order valence-electron chi connectivity index (χ0n) is 13.8. The molecule has 122 valence electrons. The molecule has 0 aliphatic carbocycles. The Morgan fingerprint density at radius 1 is 0.800 bits per heavy atom. The van der Waals surface area contributed by atoms with Gasteiger partial charge in [0.25, 0.3) is 7.11 Å². The van der Waals surface area contributed by atoms with Gasteiger partial charge in [-0.1, -0.05) is 18.2 Å². The molecule has 3 nitrogen and oxygen atoms in total. The van der Waals surface area contributed by atoms with Crippen molar-refractivity contribution in [2.45, 2.75) is 0 Å². The molecule has 0 spiro atoms. The first kappa shape index (κ1) is 14.5. The summed E-state index contributed by atoms with van der Waals surface area (Å²) >= 11 is 1.75. The molecule has 2 heterocycles. The van der Waals surface area contributed by atoms with E-state index in [-0.39, 0.29) is 0 Å². The molecule has 0 saturated carbocycles. The molecule has 0 atom stereocenters. The summed E-state index contributed by atoms with van der Waals surface area (Å²) < 4.78 is 19.9. The largest absolute Gasteiger partial charge is 0.496 e. The summed E-state index contributed by atoms with van der Waals surface area (Å²) in [4.78, 5) is 0. The first-order valence-electron chi connectivity index (χ1n) is 8.02. The highest BCUT2D eigenvalue weighted by Crippen LogP contribution is 2.42. The number of methoxy groups -OCH3 is 1. The van der Waals surface area contributed by atoms with E-state index in [1.54, 1.807) is 25.6 Å². The van der Waals surface area contributed by atoms with Gasteiger partial charge in [0.1, 0.15) is 22.3 Å². The van der Waals surface area contributed by atoms with Crippen molar-refractivity contribution >= 4 is 53.4 Å². The normalized spacial score (nSPS) is 12.6. The van der Waals surface area contributed by atoms with Gasteiger partial charge in [0.05, 0.1) is 12.5 Å². The third-order valence-electron chi connectivity index (χ3n) is 4.59. The average Bonchev–Trinajstić information content (AvgIpc) is 2.66. The van der Waals surface area contributed by atoms with E-state index in [0.717, 1.165) is 43.9 Å². The van der Waals surface area contributed by atoms with E-state index in [2.05, 4.69) is 12.1 Å². The Hall–Kier alpha value is -2.85. The van der Waals surface area contributed by atoms with Crippen LogP contribution in [0.3, 0.4) is 0 Å². The van der Waals surface area contributed by atoms with Crippen LogP contribution in [0, 0.1) is 0 Å². The molecule has 0 amide bonds. The van der Waals surface area contributed by atoms with Crippen LogP contribution in [0.15, 0.2) is 63.4 Å². The fraction of sp³-hybridized carbons (Fsp3) is 0.0952. The lowest BCUT2D eigenvalue weighted by molar-refractivity contribution is 0.419. The quantitative estimate of drug-likeness (QED) is 0.228. The maximum atomic E-state index is 6.20. The third-order valence-corrected chi connectivity index (χ3v) is 5.71. The molecular formula is C21H15O3S+. The van der Waals surface area contributed by atoms with E-state index in [0.29, 0.717) is 0 Å². The van der Waals surface area contributed by atoms with Crippen LogP contribution in [-0.2, 0) is 0 Å². The summed E-state index contributed by atoms with van der Waals surface area (Å²) in [7, 11) is 3.41. The van der Waals surface area contributed by atoms with Gasteiger partial charge >= 0.3 is 5.43 Å². The monoisotopic (exact) mass is 347 g/mol. The van der Waals surface area contributed by atoms with Crippen LogP contribution in [0.1, 0.15) is 0 Å². The van der Waals surface area contributed by atoms with Crippen molar-refractivity contribution in [3.05, 3.63) is 64.5 Å². The Morgan fingerprint density at radius 2 is 1.48 bits per heavy atom. The van der Waals surface area contributed by atoms with Crippen molar-refractivity contribution in [1.82, 2.24) is 0 Å². The number of fused-ring (bicyclic) bond motifs is 4. The molecule has 5 aromatic rings. The minimum Gasteiger partial charge on any atom is -0.496 e. The fourth-order valence-electron chi connectivity index (χ4n) is 3.56. The smallest absolute Gasteiger partial charge is 0.352 e. The summed E-state index contributed by atoms with van der Waals surface area (Å²) in [6, 6.07) is 18.3. The van der Waals surface area contributed by atoms with Crippen molar-refractivity contribution in [1.29, 1.82) is 0 Å². The van der Waals surface area contributed by atoms with Crippen LogP contribution < -0.4 is 10.2 Å². The molecule has 0 N–H and O–H groups in total. The first-order valence-corrected chi connectivity index (χ1v) is 8.84. The van der Waals surface area contributed by atoms with E-state index in [1.165, 1.54) is 9.40 Å². The second kappa shape index (κ2) is 5.33. The molecule has 5 rings (SSSR count). The Labute approximate surface area is 147 Å².